The van der Waals surface area contributed by atoms with Gasteiger partial charge in [-0.05, 0) is 40.6 Å². The minimum absolute atomic E-state index is 0.124. The van der Waals surface area contributed by atoms with E-state index in [1.807, 2.05) is 11.4 Å². The Morgan fingerprint density at radius 1 is 1.25 bits per heavy atom. The monoisotopic (exact) mass is 237 g/mol. The van der Waals surface area contributed by atoms with Gasteiger partial charge in [-0.3, -0.25) is 0 Å². The molecule has 0 aliphatic heterocycles. The number of nitrogens with one attached hydrogen (secondary N) is 1. The van der Waals surface area contributed by atoms with Crippen LogP contribution in [0.1, 0.15) is 11.1 Å². The minimum Gasteiger partial charge on any atom is -0.508 e. The molecule has 0 saturated heterocycles. The van der Waals surface area contributed by atoms with Crippen molar-refractivity contribution in [1.82, 2.24) is 5.32 Å². The van der Waals surface area contributed by atoms with Crippen LogP contribution in [0.3, 0.4) is 0 Å². The third-order valence-corrected chi connectivity index (χ3v) is 3.00. The molecule has 1 aromatic heterocycles. The van der Waals surface area contributed by atoms with Crippen LogP contribution in [0.5, 0.6) is 5.75 Å². The summed E-state index contributed by atoms with van der Waals surface area (Å²) in [6.45, 7) is 1.18. The van der Waals surface area contributed by atoms with E-state index in [1.165, 1.54) is 23.8 Å². The molecule has 16 heavy (non-hydrogen) atoms. The molecule has 0 unspecified atom stereocenters. The summed E-state index contributed by atoms with van der Waals surface area (Å²) in [5.74, 6) is -0.204. The fourth-order valence-corrected chi connectivity index (χ4v) is 2.10. The second-order valence-electron chi connectivity index (χ2n) is 3.51. The molecule has 0 fully saturated rings. The zero-order valence-electron chi connectivity index (χ0n) is 8.61. The summed E-state index contributed by atoms with van der Waals surface area (Å²) in [7, 11) is 0. The molecule has 0 aliphatic carbocycles. The van der Waals surface area contributed by atoms with Crippen LogP contribution in [0.4, 0.5) is 4.39 Å². The highest BCUT2D eigenvalue weighted by Gasteiger charge is 2.02. The number of hydrogen-bond donors (Lipinski definition) is 2. The van der Waals surface area contributed by atoms with Gasteiger partial charge in [-0.15, -0.1) is 0 Å². The third-order valence-electron chi connectivity index (χ3n) is 2.27. The number of benzene rings is 1. The van der Waals surface area contributed by atoms with E-state index < -0.39 is 0 Å². The molecule has 0 atom stereocenters. The lowest BCUT2D eigenvalue weighted by Gasteiger charge is -2.06. The van der Waals surface area contributed by atoms with E-state index in [0.29, 0.717) is 12.1 Å². The molecule has 2 aromatic rings. The highest BCUT2D eigenvalue weighted by molar-refractivity contribution is 7.07. The summed E-state index contributed by atoms with van der Waals surface area (Å²) in [5.41, 5.74) is 1.77. The molecule has 0 aliphatic rings. The van der Waals surface area contributed by atoms with Gasteiger partial charge in [0.1, 0.15) is 11.6 Å². The van der Waals surface area contributed by atoms with Crippen molar-refractivity contribution >= 4 is 11.3 Å². The number of halogens is 1. The molecular weight excluding hydrogens is 225 g/mol. The second-order valence-corrected chi connectivity index (χ2v) is 4.29. The molecule has 2 rings (SSSR count). The SMILES string of the molecule is Oc1ccc(F)cc1CNCc1ccsc1. The normalized spacial score (nSPS) is 10.6. The van der Waals surface area contributed by atoms with E-state index in [2.05, 4.69) is 10.7 Å². The third kappa shape index (κ3) is 2.81. The molecule has 2 N–H and O–H groups in total. The van der Waals surface area contributed by atoms with Crippen molar-refractivity contribution in [2.24, 2.45) is 0 Å². The molecular formula is C12H12FNOS. The second kappa shape index (κ2) is 5.09. The highest BCUT2D eigenvalue weighted by atomic mass is 32.1. The molecule has 0 bridgehead atoms. The van der Waals surface area contributed by atoms with Gasteiger partial charge < -0.3 is 10.4 Å². The first-order valence-electron chi connectivity index (χ1n) is 4.95. The van der Waals surface area contributed by atoms with Gasteiger partial charge in [0.05, 0.1) is 0 Å². The van der Waals surface area contributed by atoms with E-state index in [1.54, 1.807) is 11.3 Å². The zero-order chi connectivity index (χ0) is 11.4. The van der Waals surface area contributed by atoms with Crippen molar-refractivity contribution in [1.29, 1.82) is 0 Å². The van der Waals surface area contributed by atoms with Crippen molar-refractivity contribution in [3.8, 4) is 5.75 Å². The van der Waals surface area contributed by atoms with Crippen LogP contribution < -0.4 is 5.32 Å². The lowest BCUT2D eigenvalue weighted by atomic mass is 10.2. The number of hydrogen-bond acceptors (Lipinski definition) is 3. The molecule has 0 amide bonds. The van der Waals surface area contributed by atoms with E-state index >= 15 is 0 Å². The summed E-state index contributed by atoms with van der Waals surface area (Å²) < 4.78 is 12.9. The largest absolute Gasteiger partial charge is 0.508 e. The number of thiophene rings is 1. The summed E-state index contributed by atoms with van der Waals surface area (Å²) >= 11 is 1.64. The highest BCUT2D eigenvalue weighted by Crippen LogP contribution is 2.17. The summed E-state index contributed by atoms with van der Waals surface area (Å²) in [6.07, 6.45) is 0. The Morgan fingerprint density at radius 2 is 2.12 bits per heavy atom. The Balaban J connectivity index is 1.92. The van der Waals surface area contributed by atoms with E-state index in [4.69, 9.17) is 0 Å². The fraction of sp³-hybridized carbons (Fsp3) is 0.167. The number of rotatable bonds is 4. The first kappa shape index (κ1) is 11.1. The Hall–Kier alpha value is -1.39. The maximum atomic E-state index is 12.9. The number of aromatic hydroxyl groups is 1. The first-order valence-corrected chi connectivity index (χ1v) is 5.89. The lowest BCUT2D eigenvalue weighted by molar-refractivity contribution is 0.461. The van der Waals surface area contributed by atoms with Gasteiger partial charge in [-0.25, -0.2) is 4.39 Å². The first-order chi connectivity index (χ1) is 7.75. The van der Waals surface area contributed by atoms with Gasteiger partial charge in [-0.2, -0.15) is 11.3 Å². The topological polar surface area (TPSA) is 32.3 Å². The molecule has 4 heteroatoms. The van der Waals surface area contributed by atoms with E-state index in [-0.39, 0.29) is 11.6 Å². The molecule has 84 valence electrons. The minimum atomic E-state index is -0.329. The number of phenols is 1. The van der Waals surface area contributed by atoms with Crippen LogP contribution in [0.2, 0.25) is 0 Å². The molecule has 1 aromatic carbocycles. The Morgan fingerprint density at radius 3 is 2.88 bits per heavy atom. The predicted molar refractivity (Wildman–Crippen MR) is 62.9 cm³/mol. The Labute approximate surface area is 97.4 Å². The van der Waals surface area contributed by atoms with E-state index in [0.717, 1.165) is 6.54 Å². The van der Waals surface area contributed by atoms with Crippen LogP contribution in [0.25, 0.3) is 0 Å². The van der Waals surface area contributed by atoms with Crippen LogP contribution in [0.15, 0.2) is 35.0 Å². The van der Waals surface area contributed by atoms with Gasteiger partial charge in [-0.1, -0.05) is 0 Å². The van der Waals surface area contributed by atoms with Gasteiger partial charge in [0, 0.05) is 18.7 Å². The average molecular weight is 237 g/mol. The van der Waals surface area contributed by atoms with Crippen LogP contribution >= 0.6 is 11.3 Å². The van der Waals surface area contributed by atoms with Crippen LogP contribution in [-0.2, 0) is 13.1 Å². The maximum Gasteiger partial charge on any atom is 0.123 e. The Kier molecular flexibility index (Phi) is 3.54. The van der Waals surface area contributed by atoms with E-state index in [9.17, 15) is 9.50 Å². The Bertz CT molecular complexity index is 456. The quantitative estimate of drug-likeness (QED) is 0.857. The van der Waals surface area contributed by atoms with Gasteiger partial charge >= 0.3 is 0 Å². The van der Waals surface area contributed by atoms with Crippen molar-refractivity contribution in [3.63, 3.8) is 0 Å². The summed E-state index contributed by atoms with van der Waals surface area (Å²) in [5, 5.41) is 16.7. The molecule has 2 nitrogen and oxygen atoms in total. The smallest absolute Gasteiger partial charge is 0.123 e. The van der Waals surface area contributed by atoms with Crippen LogP contribution in [0, 0.1) is 5.82 Å². The average Bonchev–Trinajstić information content (AvgIpc) is 2.76. The van der Waals surface area contributed by atoms with Crippen molar-refractivity contribution in [3.05, 3.63) is 52.0 Å². The molecule has 1 heterocycles. The van der Waals surface area contributed by atoms with Crippen molar-refractivity contribution in [2.75, 3.05) is 0 Å². The van der Waals surface area contributed by atoms with Gasteiger partial charge in [0.25, 0.3) is 0 Å². The lowest BCUT2D eigenvalue weighted by Crippen LogP contribution is -2.12. The molecule has 0 spiro atoms. The van der Waals surface area contributed by atoms with Crippen molar-refractivity contribution < 1.29 is 9.50 Å². The standard InChI is InChI=1S/C12H12FNOS/c13-11-1-2-12(15)10(5-11)7-14-6-9-3-4-16-8-9/h1-5,8,14-15H,6-7H2. The van der Waals surface area contributed by atoms with Crippen molar-refractivity contribution in [2.45, 2.75) is 13.1 Å². The zero-order valence-corrected chi connectivity index (χ0v) is 9.43. The molecule has 0 radical (unpaired) electrons. The van der Waals surface area contributed by atoms with Crippen LogP contribution in [-0.4, -0.2) is 5.11 Å². The predicted octanol–water partition coefficient (Wildman–Crippen LogP) is 2.88. The molecule has 0 saturated carbocycles. The van der Waals surface area contributed by atoms with Gasteiger partial charge in [0.15, 0.2) is 0 Å². The summed E-state index contributed by atoms with van der Waals surface area (Å²) in [6, 6.07) is 5.99. The van der Waals surface area contributed by atoms with Gasteiger partial charge in [0.2, 0.25) is 0 Å². The number of phenolic OH excluding ortho intramolecular Hbond substituents is 1. The summed E-state index contributed by atoms with van der Waals surface area (Å²) in [4.78, 5) is 0. The fourth-order valence-electron chi connectivity index (χ4n) is 1.43. The maximum absolute atomic E-state index is 12.9.